The molecule has 1 heterocycles. The number of halogens is 2. The van der Waals surface area contributed by atoms with Gasteiger partial charge in [0.1, 0.15) is 12.0 Å². The fraction of sp³-hybridized carbons (Fsp3) is 0.192. The van der Waals surface area contributed by atoms with Gasteiger partial charge in [0, 0.05) is 12.2 Å². The lowest BCUT2D eigenvalue weighted by Crippen LogP contribution is -2.04. The number of aromatic nitrogens is 1. The van der Waals surface area contributed by atoms with E-state index in [1.165, 1.54) is 23.5 Å². The number of oxazole rings is 1. The number of alkyl halides is 2. The number of ketones is 1. The summed E-state index contributed by atoms with van der Waals surface area (Å²) in [6.45, 7) is 3.97. The van der Waals surface area contributed by atoms with Crippen LogP contribution < -0.4 is 5.73 Å². The van der Waals surface area contributed by atoms with E-state index in [1.807, 2.05) is 61.5 Å². The lowest BCUT2D eigenvalue weighted by molar-refractivity contribution is -0.114. The van der Waals surface area contributed by atoms with E-state index in [2.05, 4.69) is 11.9 Å². The lowest BCUT2D eigenvalue weighted by atomic mass is 10.1. The number of carbonyl (C=O) groups is 2. The van der Waals surface area contributed by atoms with Gasteiger partial charge in [0.25, 0.3) is 0 Å². The summed E-state index contributed by atoms with van der Waals surface area (Å²) in [5.41, 5.74) is 10.00. The SMILES string of the molecule is Cc1ccc(/C=C/C(N)=O)cc1.Cc1ccc(/C=C/c2nc(CO)co2)cc1.O=C(CCl)CCl. The minimum absolute atomic E-state index is 0.0312. The van der Waals surface area contributed by atoms with Gasteiger partial charge >= 0.3 is 0 Å². The number of carbonyl (C=O) groups excluding carboxylic acids is 2. The van der Waals surface area contributed by atoms with Gasteiger partial charge in [0.2, 0.25) is 11.8 Å². The molecule has 3 aromatic rings. The highest BCUT2D eigenvalue weighted by molar-refractivity contribution is 6.35. The van der Waals surface area contributed by atoms with E-state index in [0.717, 1.165) is 11.1 Å². The highest BCUT2D eigenvalue weighted by atomic mass is 35.5. The predicted molar refractivity (Wildman–Crippen MR) is 138 cm³/mol. The van der Waals surface area contributed by atoms with Crippen molar-refractivity contribution in [1.29, 1.82) is 0 Å². The Balaban J connectivity index is 0.000000284. The van der Waals surface area contributed by atoms with Crippen LogP contribution >= 0.6 is 23.2 Å². The molecule has 0 saturated heterocycles. The molecule has 0 saturated carbocycles. The second-order valence-corrected chi connectivity index (χ2v) is 7.57. The molecule has 0 radical (unpaired) electrons. The van der Waals surface area contributed by atoms with Crippen LogP contribution in [-0.2, 0) is 16.2 Å². The molecular formula is C26H28Cl2N2O4. The van der Waals surface area contributed by atoms with Crippen LogP contribution in [0.25, 0.3) is 18.2 Å². The highest BCUT2D eigenvalue weighted by Crippen LogP contribution is 2.09. The Labute approximate surface area is 209 Å². The predicted octanol–water partition coefficient (Wildman–Crippen LogP) is 5.17. The number of aliphatic hydroxyl groups excluding tert-OH is 1. The van der Waals surface area contributed by atoms with E-state index < -0.39 is 5.91 Å². The number of rotatable bonds is 7. The molecule has 1 amide bonds. The molecule has 3 rings (SSSR count). The zero-order valence-electron chi connectivity index (χ0n) is 19.1. The van der Waals surface area contributed by atoms with Crippen LogP contribution in [0, 0.1) is 13.8 Å². The molecule has 0 fully saturated rings. The van der Waals surface area contributed by atoms with E-state index in [0.29, 0.717) is 11.6 Å². The van der Waals surface area contributed by atoms with Crippen molar-refractivity contribution in [3.8, 4) is 0 Å². The normalized spacial score (nSPS) is 10.4. The molecule has 2 aromatic carbocycles. The van der Waals surface area contributed by atoms with E-state index in [1.54, 1.807) is 12.2 Å². The maximum atomic E-state index is 10.4. The summed E-state index contributed by atoms with van der Waals surface area (Å²) in [6, 6.07) is 16.0. The van der Waals surface area contributed by atoms with Crippen molar-refractivity contribution in [2.45, 2.75) is 20.5 Å². The van der Waals surface area contributed by atoms with Crippen molar-refractivity contribution in [1.82, 2.24) is 4.98 Å². The van der Waals surface area contributed by atoms with Crippen molar-refractivity contribution >= 4 is 53.1 Å². The van der Waals surface area contributed by atoms with Gasteiger partial charge in [0.05, 0.1) is 18.4 Å². The molecule has 0 aliphatic rings. The van der Waals surface area contributed by atoms with Crippen LogP contribution in [0.3, 0.4) is 0 Å². The molecule has 34 heavy (non-hydrogen) atoms. The van der Waals surface area contributed by atoms with Gasteiger partial charge < -0.3 is 15.3 Å². The molecule has 0 unspecified atom stereocenters. The first kappa shape index (κ1) is 28.8. The zero-order chi connectivity index (χ0) is 25.3. The van der Waals surface area contributed by atoms with E-state index in [9.17, 15) is 9.59 Å². The molecule has 0 spiro atoms. The van der Waals surface area contributed by atoms with Gasteiger partial charge in [-0.1, -0.05) is 59.7 Å². The minimum atomic E-state index is -0.421. The molecule has 0 aliphatic carbocycles. The second-order valence-electron chi connectivity index (χ2n) is 7.03. The first-order chi connectivity index (χ1) is 16.3. The van der Waals surface area contributed by atoms with Gasteiger partial charge in [0.15, 0.2) is 5.78 Å². The third-order valence-corrected chi connectivity index (χ3v) is 4.64. The third kappa shape index (κ3) is 12.7. The Morgan fingerprint density at radius 1 is 0.912 bits per heavy atom. The van der Waals surface area contributed by atoms with Crippen LogP contribution in [0.2, 0.25) is 0 Å². The number of hydrogen-bond acceptors (Lipinski definition) is 5. The molecule has 3 N–H and O–H groups in total. The first-order valence-corrected chi connectivity index (χ1v) is 11.3. The average Bonchev–Trinajstić information content (AvgIpc) is 3.32. The molecule has 1 aromatic heterocycles. The fourth-order valence-electron chi connectivity index (χ4n) is 2.21. The summed E-state index contributed by atoms with van der Waals surface area (Å²) in [5.74, 6) is 0.0195. The Morgan fingerprint density at radius 2 is 1.41 bits per heavy atom. The maximum absolute atomic E-state index is 10.4. The van der Waals surface area contributed by atoms with Crippen LogP contribution in [0.15, 0.2) is 65.3 Å². The molecule has 0 aliphatic heterocycles. The van der Waals surface area contributed by atoms with E-state index >= 15 is 0 Å². The fourth-order valence-corrected chi connectivity index (χ4v) is 2.49. The summed E-state index contributed by atoms with van der Waals surface area (Å²) in [7, 11) is 0. The van der Waals surface area contributed by atoms with Crippen molar-refractivity contribution < 1.29 is 19.1 Å². The molecule has 6 nitrogen and oxygen atoms in total. The lowest BCUT2D eigenvalue weighted by Gasteiger charge is -1.93. The molecule has 0 bridgehead atoms. The number of nitrogens with zero attached hydrogens (tertiary/aromatic N) is 1. The first-order valence-electron chi connectivity index (χ1n) is 10.2. The largest absolute Gasteiger partial charge is 0.445 e. The van der Waals surface area contributed by atoms with Crippen molar-refractivity contribution in [3.05, 3.63) is 94.7 Å². The van der Waals surface area contributed by atoms with Gasteiger partial charge in [-0.15, -0.1) is 23.2 Å². The Bertz CT molecular complexity index is 1070. The second kappa shape index (κ2) is 16.4. The molecule has 8 heteroatoms. The number of aryl methyl sites for hydroxylation is 2. The van der Waals surface area contributed by atoms with Gasteiger partial charge in [-0.25, -0.2) is 4.98 Å². The van der Waals surface area contributed by atoms with Crippen LogP contribution in [0.5, 0.6) is 0 Å². The van der Waals surface area contributed by atoms with Crippen molar-refractivity contribution in [3.63, 3.8) is 0 Å². The zero-order valence-corrected chi connectivity index (χ0v) is 20.6. The Hall–Kier alpha value is -3.19. The summed E-state index contributed by atoms with van der Waals surface area (Å²) >= 11 is 10.0. The number of benzene rings is 2. The summed E-state index contributed by atoms with van der Waals surface area (Å²) in [4.78, 5) is 24.3. The smallest absolute Gasteiger partial charge is 0.241 e. The Kier molecular flexibility index (Phi) is 13.9. The summed E-state index contributed by atoms with van der Waals surface area (Å²) in [6.07, 6.45) is 8.21. The van der Waals surface area contributed by atoms with Crippen molar-refractivity contribution in [2.24, 2.45) is 5.73 Å². The number of Topliss-reactive ketones (excluding diaryl/α,β-unsaturated/α-hetero) is 1. The van der Waals surface area contributed by atoms with Gasteiger partial charge in [-0.3, -0.25) is 9.59 Å². The summed E-state index contributed by atoms with van der Waals surface area (Å²) in [5, 5.41) is 8.82. The molecule has 180 valence electrons. The molecular weight excluding hydrogens is 475 g/mol. The average molecular weight is 503 g/mol. The number of primary amides is 1. The summed E-state index contributed by atoms with van der Waals surface area (Å²) < 4.78 is 5.14. The van der Waals surface area contributed by atoms with Crippen LogP contribution in [-0.4, -0.2) is 33.5 Å². The van der Waals surface area contributed by atoms with E-state index in [-0.39, 0.29) is 24.2 Å². The maximum Gasteiger partial charge on any atom is 0.241 e. The number of aliphatic hydroxyl groups is 1. The standard InChI is InChI=1S/C13H13NO2.C10H11NO.C3H4Cl2O/c1-10-2-4-11(5-3-10)6-7-13-14-12(8-15)9-16-13;1-8-2-4-9(5-3-8)6-7-10(11)12;4-1-3(6)2-5/h2-7,9,15H,8H2,1H3;2-7H,1H3,(H2,11,12);1-2H2/b2*7-6+;. The number of nitrogens with two attached hydrogens (primary N) is 1. The quantitative estimate of drug-likeness (QED) is 0.342. The van der Waals surface area contributed by atoms with Crippen LogP contribution in [0.1, 0.15) is 33.8 Å². The topological polar surface area (TPSA) is 106 Å². The third-order valence-electron chi connectivity index (χ3n) is 4.04. The molecule has 0 atom stereocenters. The Morgan fingerprint density at radius 3 is 1.79 bits per heavy atom. The number of amides is 1. The monoisotopic (exact) mass is 502 g/mol. The van der Waals surface area contributed by atoms with E-state index in [4.69, 9.17) is 38.5 Å². The number of hydrogen-bond donors (Lipinski definition) is 2. The van der Waals surface area contributed by atoms with Gasteiger partial charge in [-0.05, 0) is 37.1 Å². The van der Waals surface area contributed by atoms with Gasteiger partial charge in [-0.2, -0.15) is 0 Å². The van der Waals surface area contributed by atoms with Crippen LogP contribution in [0.4, 0.5) is 0 Å². The van der Waals surface area contributed by atoms with Crippen molar-refractivity contribution in [2.75, 3.05) is 11.8 Å². The highest BCUT2D eigenvalue weighted by Gasteiger charge is 1.98. The minimum Gasteiger partial charge on any atom is -0.445 e.